The topological polar surface area (TPSA) is 74.6 Å². The zero-order chi connectivity index (χ0) is 22.3. The molecule has 160 valence electrons. The Kier molecular flexibility index (Phi) is 5.58. The van der Waals surface area contributed by atoms with Crippen molar-refractivity contribution in [3.8, 4) is 5.75 Å². The second kappa shape index (κ2) is 8.19. The van der Waals surface area contributed by atoms with Gasteiger partial charge in [0, 0.05) is 4.90 Å². The maximum Gasteiger partial charge on any atom is 0.344 e. The van der Waals surface area contributed by atoms with E-state index in [1.807, 2.05) is 37.3 Å². The van der Waals surface area contributed by atoms with Gasteiger partial charge in [0.2, 0.25) is 5.43 Å². The fourth-order valence-corrected chi connectivity index (χ4v) is 4.90. The minimum atomic E-state index is -0.855. The summed E-state index contributed by atoms with van der Waals surface area (Å²) in [6.07, 6.45) is 0. The standard InChI is InChI=1S/C23H20FNO5S/c1-4-29-23(28)18-20(27)15-10-16(24)17(13(3)26)21-19(15)25(12(2)11-30-21)22(18)31-14-8-6-5-7-9-14/h5-10,12H,4,11H2,1-3H3. The predicted octanol–water partition coefficient (Wildman–Crippen LogP) is 4.62. The molecule has 0 bridgehead atoms. The molecule has 0 radical (unpaired) electrons. The maximum atomic E-state index is 14.8. The lowest BCUT2D eigenvalue weighted by atomic mass is 10.0. The number of hydrogen-bond donors (Lipinski definition) is 0. The molecule has 3 aromatic rings. The maximum absolute atomic E-state index is 14.8. The number of ketones is 1. The van der Waals surface area contributed by atoms with Gasteiger partial charge in [-0.05, 0) is 39.0 Å². The first-order chi connectivity index (χ1) is 14.8. The molecule has 6 nitrogen and oxygen atoms in total. The highest BCUT2D eigenvalue weighted by Gasteiger charge is 2.33. The van der Waals surface area contributed by atoms with Crippen LogP contribution < -0.4 is 10.2 Å². The average molecular weight is 441 g/mol. The summed E-state index contributed by atoms with van der Waals surface area (Å²) in [4.78, 5) is 39.2. The van der Waals surface area contributed by atoms with E-state index >= 15 is 0 Å². The summed E-state index contributed by atoms with van der Waals surface area (Å²) in [5.41, 5.74) is -0.706. The smallest absolute Gasteiger partial charge is 0.344 e. The van der Waals surface area contributed by atoms with Gasteiger partial charge in [-0.3, -0.25) is 9.59 Å². The predicted molar refractivity (Wildman–Crippen MR) is 115 cm³/mol. The number of Topliss-reactive ketones (excluding diaryl/α,β-unsaturated/α-hetero) is 1. The molecule has 1 unspecified atom stereocenters. The Bertz CT molecular complexity index is 1270. The van der Waals surface area contributed by atoms with Gasteiger partial charge < -0.3 is 14.0 Å². The molecule has 1 aliphatic heterocycles. The normalized spacial score (nSPS) is 14.9. The molecule has 0 saturated heterocycles. The highest BCUT2D eigenvalue weighted by Crippen LogP contribution is 2.42. The molecule has 1 aliphatic rings. The Morgan fingerprint density at radius 2 is 1.97 bits per heavy atom. The number of benzene rings is 2. The third-order valence-electron chi connectivity index (χ3n) is 5.05. The molecule has 1 aromatic heterocycles. The molecule has 0 amide bonds. The van der Waals surface area contributed by atoms with Crippen LogP contribution in [0.3, 0.4) is 0 Å². The number of esters is 1. The molecule has 2 heterocycles. The van der Waals surface area contributed by atoms with Crippen molar-refractivity contribution in [1.29, 1.82) is 0 Å². The molecular formula is C23H20FNO5S. The van der Waals surface area contributed by atoms with Crippen molar-refractivity contribution in [3.05, 3.63) is 63.6 Å². The quantitative estimate of drug-likeness (QED) is 0.425. The summed E-state index contributed by atoms with van der Waals surface area (Å²) in [7, 11) is 0. The number of carbonyl (C=O) groups excluding carboxylic acids is 2. The van der Waals surface area contributed by atoms with Crippen molar-refractivity contribution < 1.29 is 23.5 Å². The van der Waals surface area contributed by atoms with Crippen molar-refractivity contribution in [2.24, 2.45) is 0 Å². The number of rotatable bonds is 5. The largest absolute Gasteiger partial charge is 0.488 e. The first-order valence-corrected chi connectivity index (χ1v) is 10.6. The Morgan fingerprint density at radius 3 is 2.61 bits per heavy atom. The summed E-state index contributed by atoms with van der Waals surface area (Å²) in [6, 6.07) is 10.0. The van der Waals surface area contributed by atoms with Crippen molar-refractivity contribution in [2.45, 2.75) is 36.7 Å². The van der Waals surface area contributed by atoms with Crippen LogP contribution in [0.1, 0.15) is 47.5 Å². The zero-order valence-electron chi connectivity index (χ0n) is 17.2. The second-order valence-electron chi connectivity index (χ2n) is 7.19. The third-order valence-corrected chi connectivity index (χ3v) is 6.15. The molecule has 4 rings (SSSR count). The Hall–Kier alpha value is -3.13. The van der Waals surface area contributed by atoms with Crippen LogP contribution in [0.15, 0.2) is 51.1 Å². The van der Waals surface area contributed by atoms with E-state index in [-0.39, 0.29) is 41.5 Å². The van der Waals surface area contributed by atoms with Crippen LogP contribution >= 0.6 is 11.8 Å². The van der Waals surface area contributed by atoms with Crippen molar-refractivity contribution in [3.63, 3.8) is 0 Å². The highest BCUT2D eigenvalue weighted by atomic mass is 32.2. The van der Waals surface area contributed by atoms with E-state index in [0.29, 0.717) is 10.5 Å². The SMILES string of the molecule is CCOC(=O)c1c(Sc2ccccc2)n2c3c(c(C(C)=O)c(F)cc3c1=O)OCC2C. The number of halogens is 1. The van der Waals surface area contributed by atoms with Crippen LogP contribution in [0, 0.1) is 5.82 Å². The summed E-state index contributed by atoms with van der Waals surface area (Å²) >= 11 is 1.24. The molecule has 0 spiro atoms. The molecule has 0 N–H and O–H groups in total. The molecule has 0 saturated carbocycles. The van der Waals surface area contributed by atoms with Gasteiger partial charge in [0.15, 0.2) is 11.5 Å². The lowest BCUT2D eigenvalue weighted by Gasteiger charge is -2.31. The summed E-state index contributed by atoms with van der Waals surface area (Å²) < 4.78 is 27.5. The monoisotopic (exact) mass is 441 g/mol. The van der Waals surface area contributed by atoms with Crippen LogP contribution in [0.4, 0.5) is 4.39 Å². The summed E-state index contributed by atoms with van der Waals surface area (Å²) in [6.45, 7) is 5.01. The number of nitrogens with zero attached hydrogens (tertiary/aromatic N) is 1. The van der Waals surface area contributed by atoms with Crippen LogP contribution in [0.25, 0.3) is 10.9 Å². The fraction of sp³-hybridized carbons (Fsp3) is 0.261. The number of pyridine rings is 1. The Labute approximate surface area is 182 Å². The number of ether oxygens (including phenoxy) is 2. The van der Waals surface area contributed by atoms with Crippen LogP contribution in [-0.2, 0) is 4.74 Å². The van der Waals surface area contributed by atoms with Gasteiger partial charge in [-0.25, -0.2) is 9.18 Å². The minimum Gasteiger partial charge on any atom is -0.488 e. The van der Waals surface area contributed by atoms with Gasteiger partial charge in [0.1, 0.15) is 18.0 Å². The van der Waals surface area contributed by atoms with Crippen molar-refractivity contribution >= 4 is 34.4 Å². The molecule has 31 heavy (non-hydrogen) atoms. The zero-order valence-corrected chi connectivity index (χ0v) is 18.0. The molecule has 0 fully saturated rings. The van der Waals surface area contributed by atoms with E-state index in [2.05, 4.69) is 0 Å². The molecule has 0 aliphatic carbocycles. The molecule has 2 aromatic carbocycles. The summed E-state index contributed by atoms with van der Waals surface area (Å²) in [5.74, 6) is -2.10. The fourth-order valence-electron chi connectivity index (χ4n) is 3.73. The van der Waals surface area contributed by atoms with E-state index < -0.39 is 23.0 Å². The summed E-state index contributed by atoms with van der Waals surface area (Å²) in [5, 5.41) is 0.352. The van der Waals surface area contributed by atoms with Gasteiger partial charge in [-0.1, -0.05) is 30.0 Å². The van der Waals surface area contributed by atoms with E-state index in [0.717, 1.165) is 11.0 Å². The number of aromatic nitrogens is 1. The van der Waals surface area contributed by atoms with Gasteiger partial charge in [-0.15, -0.1) is 0 Å². The highest BCUT2D eigenvalue weighted by molar-refractivity contribution is 7.99. The van der Waals surface area contributed by atoms with E-state index in [4.69, 9.17) is 9.47 Å². The van der Waals surface area contributed by atoms with Gasteiger partial charge in [0.25, 0.3) is 0 Å². The first-order valence-electron chi connectivity index (χ1n) is 9.83. The number of carbonyl (C=O) groups is 2. The minimum absolute atomic E-state index is 0.0236. The molecule has 8 heteroatoms. The van der Waals surface area contributed by atoms with Gasteiger partial charge in [-0.2, -0.15) is 0 Å². The third kappa shape index (κ3) is 3.50. The molecular weight excluding hydrogens is 421 g/mol. The lowest BCUT2D eigenvalue weighted by Crippen LogP contribution is -2.30. The van der Waals surface area contributed by atoms with Crippen molar-refractivity contribution in [1.82, 2.24) is 4.57 Å². The number of hydrogen-bond acceptors (Lipinski definition) is 6. The van der Waals surface area contributed by atoms with Crippen LogP contribution in [-0.4, -0.2) is 29.5 Å². The van der Waals surface area contributed by atoms with Crippen LogP contribution in [0.2, 0.25) is 0 Å². The second-order valence-corrected chi connectivity index (χ2v) is 8.25. The van der Waals surface area contributed by atoms with Gasteiger partial charge in [0.05, 0.1) is 34.1 Å². The van der Waals surface area contributed by atoms with Gasteiger partial charge >= 0.3 is 5.97 Å². The van der Waals surface area contributed by atoms with E-state index in [1.165, 1.54) is 18.7 Å². The lowest BCUT2D eigenvalue weighted by molar-refractivity contribution is 0.0517. The van der Waals surface area contributed by atoms with E-state index in [1.54, 1.807) is 11.5 Å². The molecule has 1 atom stereocenters. The van der Waals surface area contributed by atoms with E-state index in [9.17, 15) is 18.8 Å². The Morgan fingerprint density at radius 1 is 1.26 bits per heavy atom. The van der Waals surface area contributed by atoms with Crippen molar-refractivity contribution in [2.75, 3.05) is 13.2 Å². The Balaban J connectivity index is 2.16. The van der Waals surface area contributed by atoms with Crippen LogP contribution in [0.5, 0.6) is 5.75 Å². The first kappa shape index (κ1) is 21.1. The average Bonchev–Trinajstić information content (AvgIpc) is 2.73.